The molecule has 1 aliphatic heterocycles. The van der Waals surface area contributed by atoms with Gasteiger partial charge in [-0.1, -0.05) is 6.07 Å². The molecule has 0 aliphatic carbocycles. The van der Waals surface area contributed by atoms with Gasteiger partial charge in [0.25, 0.3) is 5.91 Å². The minimum atomic E-state index is -0.498. The van der Waals surface area contributed by atoms with Crippen LogP contribution in [0.2, 0.25) is 0 Å². The molecular formula is C21H24F2N4O2. The largest absolute Gasteiger partial charge is 0.369 e. The van der Waals surface area contributed by atoms with Crippen molar-refractivity contribution in [2.45, 2.75) is 0 Å². The van der Waals surface area contributed by atoms with Gasteiger partial charge in [-0.2, -0.15) is 0 Å². The first-order chi connectivity index (χ1) is 14.0. The molecule has 1 aliphatic rings. The van der Waals surface area contributed by atoms with Gasteiger partial charge in [0.15, 0.2) is 0 Å². The van der Waals surface area contributed by atoms with Gasteiger partial charge in [0.05, 0.1) is 6.54 Å². The molecule has 0 aromatic heterocycles. The maximum absolute atomic E-state index is 13.1. The van der Waals surface area contributed by atoms with Crippen LogP contribution in [0.1, 0.15) is 10.4 Å². The summed E-state index contributed by atoms with van der Waals surface area (Å²) in [5.41, 5.74) is 1.19. The quantitative estimate of drug-likeness (QED) is 0.739. The number of benzene rings is 2. The Morgan fingerprint density at radius 3 is 2.31 bits per heavy atom. The molecule has 154 valence electrons. The summed E-state index contributed by atoms with van der Waals surface area (Å²) in [5, 5.41) is 5.25. The van der Waals surface area contributed by atoms with Crippen LogP contribution in [0, 0.1) is 11.6 Å². The van der Waals surface area contributed by atoms with Gasteiger partial charge in [0.1, 0.15) is 11.6 Å². The summed E-state index contributed by atoms with van der Waals surface area (Å²) in [6, 6.07) is 11.8. The molecule has 29 heavy (non-hydrogen) atoms. The Bertz CT molecular complexity index is 837. The maximum atomic E-state index is 13.1. The van der Waals surface area contributed by atoms with Crippen LogP contribution in [0.15, 0.2) is 48.5 Å². The lowest BCUT2D eigenvalue weighted by atomic mass is 10.2. The van der Waals surface area contributed by atoms with Crippen LogP contribution >= 0.6 is 0 Å². The minimum absolute atomic E-state index is 0.159. The fourth-order valence-corrected chi connectivity index (χ4v) is 3.19. The third kappa shape index (κ3) is 6.25. The topological polar surface area (TPSA) is 64.7 Å². The lowest BCUT2D eigenvalue weighted by Crippen LogP contribution is -2.49. The standard InChI is InChI=1S/C21H24F2N4O2/c22-17-4-6-19(7-5-17)27-12-10-26(11-13-27)9-8-24-20(28)15-25-21(29)16-2-1-3-18(23)14-16/h1-7,14H,8-13,15H2,(H,24,28)(H,25,29). The summed E-state index contributed by atoms with van der Waals surface area (Å²) in [5.74, 6) is -1.52. The van der Waals surface area contributed by atoms with Crippen LogP contribution in [0.25, 0.3) is 0 Å². The van der Waals surface area contributed by atoms with Crippen molar-refractivity contribution in [3.63, 3.8) is 0 Å². The number of halogens is 2. The lowest BCUT2D eigenvalue weighted by Gasteiger charge is -2.36. The Morgan fingerprint density at radius 1 is 0.897 bits per heavy atom. The molecule has 0 unspecified atom stereocenters. The van der Waals surface area contributed by atoms with Crippen LogP contribution < -0.4 is 15.5 Å². The molecule has 0 atom stereocenters. The third-order valence-electron chi connectivity index (χ3n) is 4.81. The molecule has 6 nitrogen and oxygen atoms in total. The van der Waals surface area contributed by atoms with Gasteiger partial charge in [-0.05, 0) is 42.5 Å². The highest BCUT2D eigenvalue weighted by Gasteiger charge is 2.17. The van der Waals surface area contributed by atoms with Crippen LogP contribution in [-0.2, 0) is 4.79 Å². The Balaban J connectivity index is 1.31. The average Bonchev–Trinajstić information content (AvgIpc) is 2.73. The molecule has 3 rings (SSSR count). The molecule has 1 saturated heterocycles. The number of nitrogens with zero attached hydrogens (tertiary/aromatic N) is 2. The van der Waals surface area contributed by atoms with Crippen LogP contribution in [0.5, 0.6) is 0 Å². The minimum Gasteiger partial charge on any atom is -0.369 e. The van der Waals surface area contributed by atoms with Gasteiger partial charge >= 0.3 is 0 Å². The number of amides is 2. The smallest absolute Gasteiger partial charge is 0.251 e. The Morgan fingerprint density at radius 2 is 1.62 bits per heavy atom. The molecule has 2 aromatic carbocycles. The summed E-state index contributed by atoms with van der Waals surface area (Å²) in [4.78, 5) is 28.2. The van der Waals surface area contributed by atoms with E-state index in [1.807, 2.05) is 0 Å². The summed E-state index contributed by atoms with van der Waals surface area (Å²) < 4.78 is 26.1. The van der Waals surface area contributed by atoms with Crippen LogP contribution in [0.3, 0.4) is 0 Å². The van der Waals surface area contributed by atoms with E-state index in [-0.39, 0.29) is 23.8 Å². The van der Waals surface area contributed by atoms with Crippen molar-refractivity contribution in [1.29, 1.82) is 0 Å². The van der Waals surface area contributed by atoms with E-state index >= 15 is 0 Å². The first kappa shape index (κ1) is 20.7. The summed E-state index contributed by atoms with van der Waals surface area (Å²) in [6.07, 6.45) is 0. The zero-order chi connectivity index (χ0) is 20.6. The van der Waals surface area contributed by atoms with Crippen molar-refractivity contribution in [1.82, 2.24) is 15.5 Å². The number of anilines is 1. The molecule has 2 amide bonds. The monoisotopic (exact) mass is 402 g/mol. The fourth-order valence-electron chi connectivity index (χ4n) is 3.19. The number of nitrogens with one attached hydrogen (secondary N) is 2. The van der Waals surface area contributed by atoms with Gasteiger partial charge in [0, 0.05) is 50.5 Å². The zero-order valence-corrected chi connectivity index (χ0v) is 16.0. The Kier molecular flexibility index (Phi) is 7.13. The SMILES string of the molecule is O=C(CNC(=O)c1cccc(F)c1)NCCN1CCN(c2ccc(F)cc2)CC1. The molecule has 8 heteroatoms. The highest BCUT2D eigenvalue weighted by Crippen LogP contribution is 2.16. The molecule has 0 radical (unpaired) electrons. The molecule has 0 bridgehead atoms. The van der Waals surface area contributed by atoms with E-state index in [4.69, 9.17) is 0 Å². The molecule has 1 fully saturated rings. The number of rotatable bonds is 7. The van der Waals surface area contributed by atoms with Crippen molar-refractivity contribution >= 4 is 17.5 Å². The van der Waals surface area contributed by atoms with E-state index < -0.39 is 11.7 Å². The van der Waals surface area contributed by atoms with Gasteiger partial charge in [-0.15, -0.1) is 0 Å². The van der Waals surface area contributed by atoms with Crippen molar-refractivity contribution in [2.75, 3.05) is 50.7 Å². The molecule has 2 aromatic rings. The molecule has 2 N–H and O–H groups in total. The van der Waals surface area contributed by atoms with Crippen molar-refractivity contribution < 1.29 is 18.4 Å². The third-order valence-corrected chi connectivity index (χ3v) is 4.81. The van der Waals surface area contributed by atoms with E-state index in [1.54, 1.807) is 12.1 Å². The van der Waals surface area contributed by atoms with Crippen molar-refractivity contribution in [3.05, 3.63) is 65.7 Å². The predicted octanol–water partition coefficient (Wildman–Crippen LogP) is 1.63. The second-order valence-electron chi connectivity index (χ2n) is 6.85. The molecule has 1 heterocycles. The van der Waals surface area contributed by atoms with E-state index in [1.165, 1.54) is 30.3 Å². The number of piperazine rings is 1. The first-order valence-electron chi connectivity index (χ1n) is 9.54. The number of hydrogen-bond donors (Lipinski definition) is 2. The molecule has 0 saturated carbocycles. The van der Waals surface area contributed by atoms with Gasteiger partial charge in [-0.3, -0.25) is 14.5 Å². The normalized spacial score (nSPS) is 14.5. The Hall–Kier alpha value is -3.00. The van der Waals surface area contributed by atoms with Crippen LogP contribution in [0.4, 0.5) is 14.5 Å². The summed E-state index contributed by atoms with van der Waals surface area (Å²) in [7, 11) is 0. The summed E-state index contributed by atoms with van der Waals surface area (Å²) >= 11 is 0. The molecular weight excluding hydrogens is 378 g/mol. The highest BCUT2D eigenvalue weighted by molar-refractivity contribution is 5.96. The highest BCUT2D eigenvalue weighted by atomic mass is 19.1. The average molecular weight is 402 g/mol. The number of hydrogen-bond acceptors (Lipinski definition) is 4. The van der Waals surface area contributed by atoms with E-state index in [0.29, 0.717) is 13.1 Å². The van der Waals surface area contributed by atoms with Crippen LogP contribution in [-0.4, -0.2) is 62.5 Å². The van der Waals surface area contributed by atoms with Gasteiger partial charge in [0.2, 0.25) is 5.91 Å². The van der Waals surface area contributed by atoms with E-state index in [9.17, 15) is 18.4 Å². The fraction of sp³-hybridized carbons (Fsp3) is 0.333. The summed E-state index contributed by atoms with van der Waals surface area (Å²) in [6.45, 7) is 4.40. The van der Waals surface area contributed by atoms with Crippen molar-refractivity contribution in [3.8, 4) is 0 Å². The van der Waals surface area contributed by atoms with Crippen molar-refractivity contribution in [2.24, 2.45) is 0 Å². The predicted molar refractivity (Wildman–Crippen MR) is 107 cm³/mol. The Labute approximate surface area is 168 Å². The zero-order valence-electron chi connectivity index (χ0n) is 16.0. The van der Waals surface area contributed by atoms with Gasteiger partial charge < -0.3 is 15.5 Å². The van der Waals surface area contributed by atoms with E-state index in [0.717, 1.165) is 37.9 Å². The second-order valence-corrected chi connectivity index (χ2v) is 6.85. The van der Waals surface area contributed by atoms with Gasteiger partial charge in [-0.25, -0.2) is 8.78 Å². The second kappa shape index (κ2) is 9.97. The number of carbonyl (C=O) groups is 2. The first-order valence-corrected chi connectivity index (χ1v) is 9.54. The molecule has 0 spiro atoms. The number of carbonyl (C=O) groups excluding carboxylic acids is 2. The van der Waals surface area contributed by atoms with E-state index in [2.05, 4.69) is 20.4 Å². The maximum Gasteiger partial charge on any atom is 0.251 e. The lowest BCUT2D eigenvalue weighted by molar-refractivity contribution is -0.120.